The average molecular weight is 331 g/mol. The van der Waals surface area contributed by atoms with Gasteiger partial charge in [0, 0.05) is 12.7 Å². The van der Waals surface area contributed by atoms with Crippen molar-refractivity contribution in [1.82, 2.24) is 14.6 Å². The van der Waals surface area contributed by atoms with E-state index in [1.165, 1.54) is 16.4 Å². The van der Waals surface area contributed by atoms with Gasteiger partial charge in [-0.15, -0.1) is 0 Å². The molecule has 3 rings (SSSR count). The fourth-order valence-corrected chi connectivity index (χ4v) is 4.09. The van der Waals surface area contributed by atoms with E-state index in [1.807, 2.05) is 6.07 Å². The molecule has 120 valence electrons. The molecule has 23 heavy (non-hydrogen) atoms. The molecule has 0 saturated carbocycles. The first-order chi connectivity index (χ1) is 11.1. The highest BCUT2D eigenvalue weighted by Gasteiger charge is 2.42. The Morgan fingerprint density at radius 2 is 1.91 bits per heavy atom. The van der Waals surface area contributed by atoms with Gasteiger partial charge in [-0.3, -0.25) is 9.78 Å². The third-order valence-corrected chi connectivity index (χ3v) is 5.72. The monoisotopic (exact) mass is 331 g/mol. The highest BCUT2D eigenvalue weighted by Crippen LogP contribution is 2.26. The summed E-state index contributed by atoms with van der Waals surface area (Å²) < 4.78 is 26.3. The Hall–Kier alpha value is -2.25. The van der Waals surface area contributed by atoms with Crippen LogP contribution >= 0.6 is 0 Å². The molecule has 2 aromatic rings. The van der Waals surface area contributed by atoms with Gasteiger partial charge in [0.2, 0.25) is 15.9 Å². The van der Waals surface area contributed by atoms with Gasteiger partial charge in [0.25, 0.3) is 0 Å². The lowest BCUT2D eigenvalue weighted by atomic mass is 10.1. The number of sulfonamides is 1. The maximum absolute atomic E-state index is 12.5. The minimum atomic E-state index is -3.62. The number of amides is 1. The van der Waals surface area contributed by atoms with E-state index in [-0.39, 0.29) is 17.3 Å². The van der Waals surface area contributed by atoms with E-state index in [9.17, 15) is 13.2 Å². The van der Waals surface area contributed by atoms with Crippen molar-refractivity contribution in [2.45, 2.75) is 23.9 Å². The van der Waals surface area contributed by atoms with E-state index in [4.69, 9.17) is 0 Å². The van der Waals surface area contributed by atoms with Crippen LogP contribution < -0.4 is 5.32 Å². The largest absolute Gasteiger partial charge is 0.349 e. The Bertz CT molecular complexity index is 779. The van der Waals surface area contributed by atoms with Gasteiger partial charge in [-0.1, -0.05) is 24.3 Å². The Morgan fingerprint density at radius 1 is 1.17 bits per heavy atom. The van der Waals surface area contributed by atoms with Crippen LogP contribution in [0.15, 0.2) is 59.6 Å². The molecule has 1 saturated heterocycles. The molecule has 1 amide bonds. The van der Waals surface area contributed by atoms with Crippen LogP contribution in [0.3, 0.4) is 0 Å². The molecule has 1 aromatic carbocycles. The van der Waals surface area contributed by atoms with E-state index >= 15 is 0 Å². The summed E-state index contributed by atoms with van der Waals surface area (Å²) in [6.07, 6.45) is 2.18. The van der Waals surface area contributed by atoms with Crippen molar-refractivity contribution in [2.24, 2.45) is 0 Å². The van der Waals surface area contributed by atoms with Crippen LogP contribution in [-0.2, 0) is 21.4 Å². The van der Waals surface area contributed by atoms with E-state index in [2.05, 4.69) is 10.3 Å². The Balaban J connectivity index is 1.66. The molecule has 1 aliphatic heterocycles. The fraction of sp³-hybridized carbons (Fsp3) is 0.250. The average Bonchev–Trinajstić information content (AvgIpc) is 2.53. The number of rotatable bonds is 5. The second-order valence-corrected chi connectivity index (χ2v) is 7.16. The summed E-state index contributed by atoms with van der Waals surface area (Å²) in [5.74, 6) is -0.290. The zero-order chi connectivity index (χ0) is 16.3. The molecule has 1 aliphatic rings. The van der Waals surface area contributed by atoms with Crippen molar-refractivity contribution in [3.8, 4) is 0 Å². The molecular weight excluding hydrogens is 314 g/mol. The second kappa shape index (κ2) is 6.47. The Morgan fingerprint density at radius 3 is 2.52 bits per heavy atom. The summed E-state index contributed by atoms with van der Waals surface area (Å²) in [4.78, 5) is 16.6. The summed E-state index contributed by atoms with van der Waals surface area (Å²) in [7, 11) is -3.62. The van der Waals surface area contributed by atoms with Crippen molar-refractivity contribution in [3.63, 3.8) is 0 Å². The van der Waals surface area contributed by atoms with Gasteiger partial charge in [-0.05, 0) is 30.7 Å². The van der Waals surface area contributed by atoms with Gasteiger partial charge < -0.3 is 5.32 Å². The molecular formula is C16H17N3O3S. The number of nitrogens with zero attached hydrogens (tertiary/aromatic N) is 2. The number of aromatic nitrogens is 1. The molecule has 0 spiro atoms. The lowest BCUT2D eigenvalue weighted by Gasteiger charge is -2.38. The molecule has 2 heterocycles. The third-order valence-electron chi connectivity index (χ3n) is 3.79. The minimum absolute atomic E-state index is 0.210. The van der Waals surface area contributed by atoms with Gasteiger partial charge in [0.15, 0.2) is 0 Å². The molecule has 1 fully saturated rings. The lowest BCUT2D eigenvalue weighted by molar-refractivity contribution is -0.127. The van der Waals surface area contributed by atoms with Crippen LogP contribution in [0.4, 0.5) is 0 Å². The molecule has 0 unspecified atom stereocenters. The van der Waals surface area contributed by atoms with Crippen molar-refractivity contribution in [3.05, 3.63) is 60.4 Å². The normalized spacial score (nSPS) is 18.2. The first-order valence-electron chi connectivity index (χ1n) is 7.33. The first kappa shape index (κ1) is 15.6. The van der Waals surface area contributed by atoms with Crippen molar-refractivity contribution >= 4 is 15.9 Å². The summed E-state index contributed by atoms with van der Waals surface area (Å²) >= 11 is 0. The number of carbonyl (C=O) groups is 1. The molecule has 1 N–H and O–H groups in total. The maximum Gasteiger partial charge on any atom is 0.243 e. The molecule has 0 radical (unpaired) electrons. The SMILES string of the molecule is O=C(NCc1ccccn1)[C@H]1CCN1S(=O)(=O)c1ccccc1. The quantitative estimate of drug-likeness (QED) is 0.892. The molecule has 0 bridgehead atoms. The first-order valence-corrected chi connectivity index (χ1v) is 8.77. The van der Waals surface area contributed by atoms with Gasteiger partial charge in [-0.2, -0.15) is 4.31 Å². The number of nitrogens with one attached hydrogen (secondary N) is 1. The minimum Gasteiger partial charge on any atom is -0.349 e. The van der Waals surface area contributed by atoms with Gasteiger partial charge in [-0.25, -0.2) is 8.42 Å². The number of hydrogen-bond acceptors (Lipinski definition) is 4. The van der Waals surface area contributed by atoms with E-state index in [0.29, 0.717) is 13.0 Å². The standard InChI is InChI=1S/C16H17N3O3S/c20-16(18-12-13-6-4-5-10-17-13)15-9-11-19(15)23(21,22)14-7-2-1-3-8-14/h1-8,10,15H,9,11-12H2,(H,18,20)/t15-/m1/s1. The molecule has 6 nitrogen and oxygen atoms in total. The van der Waals surface area contributed by atoms with Gasteiger partial charge in [0.1, 0.15) is 6.04 Å². The topological polar surface area (TPSA) is 79.4 Å². The van der Waals surface area contributed by atoms with Crippen LogP contribution in [0.25, 0.3) is 0 Å². The molecule has 1 atom stereocenters. The molecule has 7 heteroatoms. The van der Waals surface area contributed by atoms with E-state index in [1.54, 1.807) is 36.5 Å². The second-order valence-electron chi connectivity index (χ2n) is 5.27. The number of pyridine rings is 1. The van der Waals surface area contributed by atoms with Crippen molar-refractivity contribution < 1.29 is 13.2 Å². The summed E-state index contributed by atoms with van der Waals surface area (Å²) in [6, 6.07) is 13.0. The Kier molecular flexibility index (Phi) is 4.40. The van der Waals surface area contributed by atoms with Crippen molar-refractivity contribution in [1.29, 1.82) is 0 Å². The van der Waals surface area contributed by atoms with Gasteiger partial charge >= 0.3 is 0 Å². The number of carbonyl (C=O) groups excluding carboxylic acids is 1. The van der Waals surface area contributed by atoms with Gasteiger partial charge in [0.05, 0.1) is 17.1 Å². The number of hydrogen-bond donors (Lipinski definition) is 1. The Labute approximate surface area is 135 Å². The highest BCUT2D eigenvalue weighted by molar-refractivity contribution is 7.89. The van der Waals surface area contributed by atoms with Crippen LogP contribution in [-0.4, -0.2) is 36.2 Å². The molecule has 0 aliphatic carbocycles. The van der Waals surface area contributed by atoms with Crippen molar-refractivity contribution in [2.75, 3.05) is 6.54 Å². The maximum atomic E-state index is 12.5. The van der Waals surface area contributed by atoms with E-state index in [0.717, 1.165) is 5.69 Å². The van der Waals surface area contributed by atoms with Crippen LogP contribution in [0, 0.1) is 0 Å². The predicted octanol–water partition coefficient (Wildman–Crippen LogP) is 1.16. The zero-order valence-electron chi connectivity index (χ0n) is 12.4. The van der Waals surface area contributed by atoms with Crippen LogP contribution in [0.2, 0.25) is 0 Å². The lowest BCUT2D eigenvalue weighted by Crippen LogP contribution is -2.57. The summed E-state index contributed by atoms with van der Waals surface area (Å²) in [5.41, 5.74) is 0.734. The van der Waals surface area contributed by atoms with Crippen LogP contribution in [0.1, 0.15) is 12.1 Å². The summed E-state index contributed by atoms with van der Waals surface area (Å²) in [6.45, 7) is 0.647. The number of benzene rings is 1. The summed E-state index contributed by atoms with van der Waals surface area (Å²) in [5, 5.41) is 2.75. The zero-order valence-corrected chi connectivity index (χ0v) is 13.2. The predicted molar refractivity (Wildman–Crippen MR) is 84.8 cm³/mol. The fourth-order valence-electron chi connectivity index (χ4n) is 2.44. The highest BCUT2D eigenvalue weighted by atomic mass is 32.2. The third kappa shape index (κ3) is 3.25. The van der Waals surface area contributed by atoms with E-state index < -0.39 is 16.1 Å². The smallest absolute Gasteiger partial charge is 0.243 e. The molecule has 1 aromatic heterocycles. The van der Waals surface area contributed by atoms with Crippen LogP contribution in [0.5, 0.6) is 0 Å².